The maximum Gasteiger partial charge on any atom is 0.217 e. The molecule has 6 nitrogen and oxygen atoms in total. The molecule has 24 heavy (non-hydrogen) atoms. The molecule has 1 N–H and O–H groups in total. The molecule has 1 aromatic carbocycles. The molecule has 3 rings (SSSR count). The van der Waals surface area contributed by atoms with Gasteiger partial charge in [-0.25, -0.2) is 8.78 Å². The minimum Gasteiger partial charge on any atom is -0.390 e. The molecule has 8 heteroatoms. The number of rotatable bonds is 4. The standard InChI is InChI=1S/C16H19F2N3O3/c1-10(22)19-9-12-8-15(20-24-12)11-6-13(17)16(14(18)7-11)21-2-4-23-5-3-21/h6-7,12H,2-5,8-9H2,1H3,(H,19,22)/t12-/m0/s1. The zero-order valence-electron chi connectivity index (χ0n) is 13.3. The molecule has 1 fully saturated rings. The van der Waals surface area contributed by atoms with Crippen molar-refractivity contribution in [2.24, 2.45) is 5.16 Å². The third-order valence-electron chi connectivity index (χ3n) is 3.99. The Labute approximate surface area is 138 Å². The van der Waals surface area contributed by atoms with E-state index in [1.807, 2.05) is 0 Å². The van der Waals surface area contributed by atoms with E-state index in [0.29, 0.717) is 50.5 Å². The van der Waals surface area contributed by atoms with Gasteiger partial charge in [0.1, 0.15) is 23.4 Å². The number of benzene rings is 1. The SMILES string of the molecule is CC(=O)NC[C@@H]1CC(c2cc(F)c(N3CCOCC3)c(F)c2)=NO1. The molecule has 0 aromatic heterocycles. The Kier molecular flexibility index (Phi) is 4.94. The third-order valence-corrected chi connectivity index (χ3v) is 3.99. The van der Waals surface area contributed by atoms with Gasteiger partial charge >= 0.3 is 0 Å². The zero-order valence-corrected chi connectivity index (χ0v) is 13.3. The van der Waals surface area contributed by atoms with Crippen LogP contribution in [0.25, 0.3) is 0 Å². The van der Waals surface area contributed by atoms with E-state index in [0.717, 1.165) is 0 Å². The molecule has 0 saturated carbocycles. The van der Waals surface area contributed by atoms with Crippen molar-refractivity contribution >= 4 is 17.3 Å². The molecule has 0 spiro atoms. The number of oxime groups is 1. The molecule has 1 aromatic rings. The van der Waals surface area contributed by atoms with Crippen LogP contribution in [-0.4, -0.2) is 50.6 Å². The van der Waals surface area contributed by atoms with Crippen molar-refractivity contribution in [3.8, 4) is 0 Å². The van der Waals surface area contributed by atoms with E-state index >= 15 is 0 Å². The Hall–Kier alpha value is -2.22. The van der Waals surface area contributed by atoms with Crippen molar-refractivity contribution < 1.29 is 23.1 Å². The highest BCUT2D eigenvalue weighted by atomic mass is 19.1. The molecule has 1 atom stereocenters. The highest BCUT2D eigenvalue weighted by Crippen LogP contribution is 2.27. The number of hydrogen-bond donors (Lipinski definition) is 1. The van der Waals surface area contributed by atoms with Gasteiger partial charge in [-0.1, -0.05) is 5.16 Å². The van der Waals surface area contributed by atoms with E-state index in [-0.39, 0.29) is 17.7 Å². The molecule has 2 heterocycles. The predicted molar refractivity (Wildman–Crippen MR) is 84.1 cm³/mol. The monoisotopic (exact) mass is 339 g/mol. The molecule has 2 aliphatic rings. The van der Waals surface area contributed by atoms with E-state index in [1.54, 1.807) is 4.90 Å². The molecule has 0 radical (unpaired) electrons. The lowest BCUT2D eigenvalue weighted by atomic mass is 10.0. The van der Waals surface area contributed by atoms with E-state index in [2.05, 4.69) is 10.5 Å². The fourth-order valence-corrected chi connectivity index (χ4v) is 2.79. The summed E-state index contributed by atoms with van der Waals surface area (Å²) in [5.41, 5.74) is 0.792. The Morgan fingerprint density at radius 3 is 2.62 bits per heavy atom. The van der Waals surface area contributed by atoms with Gasteiger partial charge in [-0.3, -0.25) is 4.79 Å². The smallest absolute Gasteiger partial charge is 0.217 e. The van der Waals surface area contributed by atoms with Crippen LogP contribution in [0.4, 0.5) is 14.5 Å². The number of anilines is 1. The zero-order chi connectivity index (χ0) is 17.1. The van der Waals surface area contributed by atoms with Gasteiger partial charge in [0, 0.05) is 32.0 Å². The van der Waals surface area contributed by atoms with E-state index in [4.69, 9.17) is 9.57 Å². The minimum absolute atomic E-state index is 0.0311. The summed E-state index contributed by atoms with van der Waals surface area (Å²) in [4.78, 5) is 17.8. The largest absolute Gasteiger partial charge is 0.390 e. The first kappa shape index (κ1) is 16.6. The molecule has 2 aliphatic heterocycles. The van der Waals surface area contributed by atoms with Gasteiger partial charge in [0.05, 0.1) is 25.5 Å². The van der Waals surface area contributed by atoms with E-state index < -0.39 is 11.6 Å². The summed E-state index contributed by atoms with van der Waals surface area (Å²) in [5.74, 6) is -1.42. The normalized spacial score (nSPS) is 20.5. The van der Waals surface area contributed by atoms with Gasteiger partial charge in [0.15, 0.2) is 0 Å². The lowest BCUT2D eigenvalue weighted by Gasteiger charge is -2.29. The first-order valence-corrected chi connectivity index (χ1v) is 7.84. The fraction of sp³-hybridized carbons (Fsp3) is 0.500. The van der Waals surface area contributed by atoms with Crippen molar-refractivity contribution in [1.29, 1.82) is 0 Å². The Morgan fingerprint density at radius 1 is 1.33 bits per heavy atom. The number of ether oxygens (including phenoxy) is 1. The van der Waals surface area contributed by atoms with Crippen LogP contribution in [0, 0.1) is 11.6 Å². The number of carbonyl (C=O) groups excluding carboxylic acids is 1. The molecule has 1 amide bonds. The van der Waals surface area contributed by atoms with Crippen LogP contribution in [0.3, 0.4) is 0 Å². The van der Waals surface area contributed by atoms with Crippen LogP contribution in [0.5, 0.6) is 0 Å². The average molecular weight is 339 g/mol. The first-order chi connectivity index (χ1) is 11.5. The van der Waals surface area contributed by atoms with Crippen LogP contribution >= 0.6 is 0 Å². The summed E-state index contributed by atoms with van der Waals surface area (Å²) in [7, 11) is 0. The second-order valence-electron chi connectivity index (χ2n) is 5.79. The van der Waals surface area contributed by atoms with Crippen molar-refractivity contribution in [3.63, 3.8) is 0 Å². The lowest BCUT2D eigenvalue weighted by molar-refractivity contribution is -0.119. The van der Waals surface area contributed by atoms with Crippen LogP contribution < -0.4 is 10.2 Å². The van der Waals surface area contributed by atoms with Gasteiger partial charge < -0.3 is 19.8 Å². The minimum atomic E-state index is -0.625. The van der Waals surface area contributed by atoms with Gasteiger partial charge in [-0.15, -0.1) is 0 Å². The van der Waals surface area contributed by atoms with Crippen LogP contribution in [0.2, 0.25) is 0 Å². The summed E-state index contributed by atoms with van der Waals surface area (Å²) in [6.45, 7) is 3.52. The molecular weight excluding hydrogens is 320 g/mol. The van der Waals surface area contributed by atoms with Gasteiger partial charge in [0.25, 0.3) is 0 Å². The molecule has 0 unspecified atom stereocenters. The molecular formula is C16H19F2N3O3. The number of amides is 1. The van der Waals surface area contributed by atoms with Gasteiger partial charge in [-0.2, -0.15) is 0 Å². The summed E-state index contributed by atoms with van der Waals surface area (Å²) < 4.78 is 34.1. The number of nitrogens with one attached hydrogen (secondary N) is 1. The summed E-state index contributed by atoms with van der Waals surface area (Å²) in [5, 5.41) is 6.52. The van der Waals surface area contributed by atoms with E-state index in [9.17, 15) is 13.6 Å². The summed E-state index contributed by atoms with van der Waals surface area (Å²) in [6.07, 6.45) is 0.0599. The van der Waals surface area contributed by atoms with Crippen molar-refractivity contribution in [2.45, 2.75) is 19.4 Å². The predicted octanol–water partition coefficient (Wildman–Crippen LogP) is 1.43. The van der Waals surface area contributed by atoms with Crippen LogP contribution in [-0.2, 0) is 14.4 Å². The lowest BCUT2D eigenvalue weighted by Crippen LogP contribution is -2.37. The second-order valence-corrected chi connectivity index (χ2v) is 5.79. The van der Waals surface area contributed by atoms with Crippen molar-refractivity contribution in [1.82, 2.24) is 5.32 Å². The highest BCUT2D eigenvalue weighted by Gasteiger charge is 2.26. The average Bonchev–Trinajstić information content (AvgIpc) is 3.02. The summed E-state index contributed by atoms with van der Waals surface area (Å²) >= 11 is 0. The number of carbonyl (C=O) groups is 1. The fourth-order valence-electron chi connectivity index (χ4n) is 2.79. The first-order valence-electron chi connectivity index (χ1n) is 7.84. The third kappa shape index (κ3) is 3.64. The molecule has 0 bridgehead atoms. The van der Waals surface area contributed by atoms with Gasteiger partial charge in [-0.05, 0) is 12.1 Å². The maximum absolute atomic E-state index is 14.4. The number of halogens is 2. The molecule has 1 saturated heterocycles. The molecule has 130 valence electrons. The Balaban J connectivity index is 1.72. The topological polar surface area (TPSA) is 63.2 Å². The summed E-state index contributed by atoms with van der Waals surface area (Å²) in [6, 6.07) is 2.55. The maximum atomic E-state index is 14.4. The van der Waals surface area contributed by atoms with Crippen LogP contribution in [0.15, 0.2) is 17.3 Å². The number of nitrogens with zero attached hydrogens (tertiary/aromatic N) is 2. The quantitative estimate of drug-likeness (QED) is 0.901. The number of morpholine rings is 1. The van der Waals surface area contributed by atoms with Crippen LogP contribution in [0.1, 0.15) is 18.9 Å². The Bertz CT molecular complexity index is 637. The van der Waals surface area contributed by atoms with Gasteiger partial charge in [0.2, 0.25) is 5.91 Å². The van der Waals surface area contributed by atoms with Crippen molar-refractivity contribution in [2.75, 3.05) is 37.7 Å². The Morgan fingerprint density at radius 2 is 2.00 bits per heavy atom. The number of hydrogen-bond acceptors (Lipinski definition) is 5. The highest BCUT2D eigenvalue weighted by molar-refractivity contribution is 6.01. The van der Waals surface area contributed by atoms with E-state index in [1.165, 1.54) is 19.1 Å². The second kappa shape index (κ2) is 7.12. The van der Waals surface area contributed by atoms with Crippen molar-refractivity contribution in [3.05, 3.63) is 29.3 Å². The molecule has 0 aliphatic carbocycles.